The van der Waals surface area contributed by atoms with Gasteiger partial charge in [-0.15, -0.1) is 0 Å². The zero-order valence-electron chi connectivity index (χ0n) is 18.0. The molecule has 7 heteroatoms. The SMILES string of the molecule is COC(=O)c1cc(OCC(=O)N[C@H](C)c2ccc3c(c2)CCCC3)cc(C(=O)OC)c1. The van der Waals surface area contributed by atoms with Crippen molar-refractivity contribution in [2.45, 2.75) is 38.6 Å². The molecule has 3 rings (SSSR count). The molecule has 0 bridgehead atoms. The van der Waals surface area contributed by atoms with Crippen LogP contribution in [0.2, 0.25) is 0 Å². The number of amides is 1. The lowest BCUT2D eigenvalue weighted by molar-refractivity contribution is -0.123. The van der Waals surface area contributed by atoms with Crippen LogP contribution in [0, 0.1) is 0 Å². The highest BCUT2D eigenvalue weighted by atomic mass is 16.5. The number of hydrogen-bond donors (Lipinski definition) is 1. The standard InChI is InChI=1S/C24H27NO6/c1-15(17-9-8-16-6-4-5-7-18(16)10-17)25-22(26)14-31-21-12-19(23(27)29-2)11-20(13-21)24(28)30-3/h8-13,15H,4-7,14H2,1-3H3,(H,25,26)/t15-/m1/s1. The van der Waals surface area contributed by atoms with Gasteiger partial charge in [-0.3, -0.25) is 4.79 Å². The molecule has 31 heavy (non-hydrogen) atoms. The van der Waals surface area contributed by atoms with Crippen molar-refractivity contribution in [3.05, 3.63) is 64.2 Å². The lowest BCUT2D eigenvalue weighted by atomic mass is 9.89. The van der Waals surface area contributed by atoms with Crippen LogP contribution in [0.1, 0.15) is 63.2 Å². The molecule has 0 spiro atoms. The number of carbonyl (C=O) groups is 3. The molecule has 1 atom stereocenters. The first-order valence-electron chi connectivity index (χ1n) is 10.3. The number of benzene rings is 2. The van der Waals surface area contributed by atoms with E-state index in [1.165, 1.54) is 56.4 Å². The molecule has 0 saturated heterocycles. The molecule has 2 aromatic carbocycles. The largest absolute Gasteiger partial charge is 0.484 e. The smallest absolute Gasteiger partial charge is 0.338 e. The van der Waals surface area contributed by atoms with Crippen LogP contribution in [0.5, 0.6) is 5.75 Å². The van der Waals surface area contributed by atoms with Crippen LogP contribution < -0.4 is 10.1 Å². The molecule has 2 aromatic rings. The summed E-state index contributed by atoms with van der Waals surface area (Å²) in [6.45, 7) is 1.66. The van der Waals surface area contributed by atoms with Crippen LogP contribution >= 0.6 is 0 Å². The Labute approximate surface area is 181 Å². The second-order valence-electron chi connectivity index (χ2n) is 7.54. The van der Waals surface area contributed by atoms with Crippen molar-refractivity contribution in [1.29, 1.82) is 0 Å². The summed E-state index contributed by atoms with van der Waals surface area (Å²) in [5, 5.41) is 2.92. The first-order chi connectivity index (χ1) is 14.9. The third-order valence-corrected chi connectivity index (χ3v) is 5.37. The molecule has 1 aliphatic carbocycles. The number of fused-ring (bicyclic) bond motifs is 1. The Morgan fingerprint density at radius 1 is 0.903 bits per heavy atom. The predicted octanol–water partition coefficient (Wildman–Crippen LogP) is 3.39. The topological polar surface area (TPSA) is 90.9 Å². The summed E-state index contributed by atoms with van der Waals surface area (Å²) >= 11 is 0. The molecule has 0 aromatic heterocycles. The summed E-state index contributed by atoms with van der Waals surface area (Å²) in [6, 6.07) is 10.4. The normalized spacial score (nSPS) is 13.5. The van der Waals surface area contributed by atoms with E-state index >= 15 is 0 Å². The number of aryl methyl sites for hydroxylation is 2. The second kappa shape index (κ2) is 10.1. The highest BCUT2D eigenvalue weighted by molar-refractivity contribution is 5.96. The van der Waals surface area contributed by atoms with Gasteiger partial charge in [0.1, 0.15) is 5.75 Å². The van der Waals surface area contributed by atoms with Crippen molar-refractivity contribution >= 4 is 17.8 Å². The van der Waals surface area contributed by atoms with Crippen molar-refractivity contribution in [3.63, 3.8) is 0 Å². The first kappa shape index (κ1) is 22.3. The molecular weight excluding hydrogens is 398 g/mol. The van der Waals surface area contributed by atoms with E-state index in [1.54, 1.807) is 0 Å². The van der Waals surface area contributed by atoms with Crippen molar-refractivity contribution in [2.75, 3.05) is 20.8 Å². The Morgan fingerprint density at radius 3 is 2.13 bits per heavy atom. The Morgan fingerprint density at radius 2 is 1.52 bits per heavy atom. The van der Waals surface area contributed by atoms with E-state index in [4.69, 9.17) is 14.2 Å². The van der Waals surface area contributed by atoms with Gasteiger partial charge in [-0.05, 0) is 67.5 Å². The maximum absolute atomic E-state index is 12.4. The molecule has 1 N–H and O–H groups in total. The zero-order chi connectivity index (χ0) is 22.4. The minimum atomic E-state index is -0.624. The molecule has 0 saturated carbocycles. The third kappa shape index (κ3) is 5.63. The van der Waals surface area contributed by atoms with E-state index in [-0.39, 0.29) is 35.4 Å². The van der Waals surface area contributed by atoms with Crippen LogP contribution in [0.4, 0.5) is 0 Å². The maximum atomic E-state index is 12.4. The predicted molar refractivity (Wildman–Crippen MR) is 114 cm³/mol. The highest BCUT2D eigenvalue weighted by Crippen LogP contribution is 2.25. The van der Waals surface area contributed by atoms with Gasteiger partial charge >= 0.3 is 11.9 Å². The second-order valence-corrected chi connectivity index (χ2v) is 7.54. The summed E-state index contributed by atoms with van der Waals surface area (Å²) in [7, 11) is 2.48. The monoisotopic (exact) mass is 425 g/mol. The fourth-order valence-electron chi connectivity index (χ4n) is 3.69. The van der Waals surface area contributed by atoms with Gasteiger partial charge in [0, 0.05) is 0 Å². The summed E-state index contributed by atoms with van der Waals surface area (Å²) < 4.78 is 14.9. The van der Waals surface area contributed by atoms with Gasteiger partial charge in [-0.25, -0.2) is 9.59 Å². The van der Waals surface area contributed by atoms with E-state index < -0.39 is 11.9 Å². The Balaban J connectivity index is 1.64. The zero-order valence-corrected chi connectivity index (χ0v) is 18.0. The van der Waals surface area contributed by atoms with E-state index in [0.29, 0.717) is 0 Å². The van der Waals surface area contributed by atoms with Crippen LogP contribution in [0.3, 0.4) is 0 Å². The van der Waals surface area contributed by atoms with Crippen LogP contribution in [-0.2, 0) is 27.1 Å². The van der Waals surface area contributed by atoms with Crippen molar-refractivity contribution in [3.8, 4) is 5.75 Å². The number of carbonyl (C=O) groups excluding carboxylic acids is 3. The molecule has 164 valence electrons. The average Bonchev–Trinajstić information content (AvgIpc) is 2.81. The molecule has 0 fully saturated rings. The van der Waals surface area contributed by atoms with Crippen LogP contribution in [-0.4, -0.2) is 38.7 Å². The van der Waals surface area contributed by atoms with Crippen molar-refractivity contribution in [1.82, 2.24) is 5.32 Å². The van der Waals surface area contributed by atoms with Gasteiger partial charge in [-0.2, -0.15) is 0 Å². The number of hydrogen-bond acceptors (Lipinski definition) is 6. The van der Waals surface area contributed by atoms with Crippen LogP contribution in [0.15, 0.2) is 36.4 Å². The number of methoxy groups -OCH3 is 2. The third-order valence-electron chi connectivity index (χ3n) is 5.37. The summed E-state index contributed by atoms with van der Waals surface area (Å²) in [4.78, 5) is 36.1. The molecule has 7 nitrogen and oxygen atoms in total. The average molecular weight is 425 g/mol. The summed E-state index contributed by atoms with van der Waals surface area (Å²) in [6.07, 6.45) is 4.61. The van der Waals surface area contributed by atoms with Gasteiger partial charge in [0.25, 0.3) is 5.91 Å². The number of rotatable bonds is 7. The van der Waals surface area contributed by atoms with E-state index in [9.17, 15) is 14.4 Å². The molecule has 1 aliphatic rings. The fraction of sp³-hybridized carbons (Fsp3) is 0.375. The molecule has 0 unspecified atom stereocenters. The molecular formula is C24H27NO6. The quantitative estimate of drug-likeness (QED) is 0.684. The molecule has 0 heterocycles. The van der Waals surface area contributed by atoms with Gasteiger partial charge in [0.15, 0.2) is 6.61 Å². The maximum Gasteiger partial charge on any atom is 0.338 e. The number of nitrogens with one attached hydrogen (secondary N) is 1. The fourth-order valence-corrected chi connectivity index (χ4v) is 3.69. The van der Waals surface area contributed by atoms with Crippen molar-refractivity contribution < 1.29 is 28.6 Å². The number of ether oxygens (including phenoxy) is 3. The Kier molecular flexibility index (Phi) is 7.28. The minimum Gasteiger partial charge on any atom is -0.484 e. The van der Waals surface area contributed by atoms with Gasteiger partial charge in [0.2, 0.25) is 0 Å². The Bertz CT molecular complexity index is 950. The van der Waals surface area contributed by atoms with E-state index in [2.05, 4.69) is 23.5 Å². The molecule has 0 aliphatic heterocycles. The summed E-state index contributed by atoms with van der Waals surface area (Å²) in [5.41, 5.74) is 4.06. The molecule has 1 amide bonds. The van der Waals surface area contributed by atoms with Crippen LogP contribution in [0.25, 0.3) is 0 Å². The van der Waals surface area contributed by atoms with Gasteiger partial charge < -0.3 is 19.5 Å². The van der Waals surface area contributed by atoms with Gasteiger partial charge in [-0.1, -0.05) is 18.2 Å². The number of esters is 2. The van der Waals surface area contributed by atoms with E-state index in [1.807, 2.05) is 6.92 Å². The van der Waals surface area contributed by atoms with Crippen molar-refractivity contribution in [2.24, 2.45) is 0 Å². The van der Waals surface area contributed by atoms with Gasteiger partial charge in [0.05, 0.1) is 31.4 Å². The lowest BCUT2D eigenvalue weighted by Crippen LogP contribution is -2.31. The highest BCUT2D eigenvalue weighted by Gasteiger charge is 2.17. The molecule has 0 radical (unpaired) electrons. The minimum absolute atomic E-state index is 0.128. The summed E-state index contributed by atoms with van der Waals surface area (Å²) in [5.74, 6) is -1.37. The lowest BCUT2D eigenvalue weighted by Gasteiger charge is -2.20. The first-order valence-corrected chi connectivity index (χ1v) is 10.3. The van der Waals surface area contributed by atoms with E-state index in [0.717, 1.165) is 18.4 Å². The Hall–Kier alpha value is -3.35.